The molecule has 0 aromatic heterocycles. The molecule has 2 rings (SSSR count). The third-order valence-corrected chi connectivity index (χ3v) is 3.78. The van der Waals surface area contributed by atoms with E-state index in [4.69, 9.17) is 9.47 Å². The molecule has 110 valence electrons. The molecule has 2 atom stereocenters. The Balaban J connectivity index is 0.000000191. The quantitative estimate of drug-likeness (QED) is 0.724. The fourth-order valence-electron chi connectivity index (χ4n) is 2.25. The molecule has 4 heteroatoms. The molecule has 2 aliphatic rings. The van der Waals surface area contributed by atoms with Gasteiger partial charge < -0.3 is 9.47 Å². The summed E-state index contributed by atoms with van der Waals surface area (Å²) in [6, 6.07) is 0. The van der Waals surface area contributed by atoms with E-state index in [9.17, 15) is 9.59 Å². The molecule has 2 saturated heterocycles. The summed E-state index contributed by atoms with van der Waals surface area (Å²) in [5.41, 5.74) is 0. The second kappa shape index (κ2) is 8.18. The van der Waals surface area contributed by atoms with E-state index >= 15 is 0 Å². The van der Waals surface area contributed by atoms with Gasteiger partial charge in [0, 0.05) is 12.8 Å². The molecule has 0 spiro atoms. The molecule has 0 amide bonds. The molecule has 0 aromatic rings. The van der Waals surface area contributed by atoms with Gasteiger partial charge in [0.1, 0.15) is 6.10 Å². The first kappa shape index (κ1) is 16.0. The van der Waals surface area contributed by atoms with Gasteiger partial charge >= 0.3 is 11.9 Å². The van der Waals surface area contributed by atoms with E-state index in [1.165, 1.54) is 0 Å². The number of hydrogen-bond acceptors (Lipinski definition) is 4. The zero-order valence-corrected chi connectivity index (χ0v) is 12.3. The van der Waals surface area contributed by atoms with Gasteiger partial charge in [-0.3, -0.25) is 9.59 Å². The first-order chi connectivity index (χ1) is 9.02. The van der Waals surface area contributed by atoms with Crippen LogP contribution in [-0.2, 0) is 19.1 Å². The van der Waals surface area contributed by atoms with Crippen LogP contribution in [0.25, 0.3) is 0 Å². The Kier molecular flexibility index (Phi) is 6.89. The molecule has 0 bridgehead atoms. The number of rotatable bonds is 2. The fourth-order valence-corrected chi connectivity index (χ4v) is 2.25. The first-order valence-electron chi connectivity index (χ1n) is 7.38. The van der Waals surface area contributed by atoms with Crippen molar-refractivity contribution >= 4 is 11.9 Å². The van der Waals surface area contributed by atoms with Crippen molar-refractivity contribution in [2.45, 2.75) is 65.4 Å². The van der Waals surface area contributed by atoms with Gasteiger partial charge in [0.05, 0.1) is 6.61 Å². The maximum atomic E-state index is 10.6. The highest BCUT2D eigenvalue weighted by atomic mass is 16.5. The lowest BCUT2D eigenvalue weighted by molar-refractivity contribution is -0.153. The summed E-state index contributed by atoms with van der Waals surface area (Å²) >= 11 is 0. The maximum Gasteiger partial charge on any atom is 0.306 e. The SMILES string of the molecule is CC(C)C1CCC(=O)OC1.CCC1CCCC(=O)O1. The minimum Gasteiger partial charge on any atom is -0.465 e. The molecular weight excluding hydrogens is 244 g/mol. The molecule has 0 saturated carbocycles. The van der Waals surface area contributed by atoms with E-state index in [2.05, 4.69) is 13.8 Å². The normalized spacial score (nSPS) is 27.2. The Morgan fingerprint density at radius 3 is 2.32 bits per heavy atom. The topological polar surface area (TPSA) is 52.6 Å². The molecule has 0 aliphatic carbocycles. The lowest BCUT2D eigenvalue weighted by Gasteiger charge is -2.24. The monoisotopic (exact) mass is 270 g/mol. The minimum atomic E-state index is -0.0306. The molecule has 2 aliphatic heterocycles. The summed E-state index contributed by atoms with van der Waals surface area (Å²) in [5, 5.41) is 0. The molecule has 2 unspecified atom stereocenters. The van der Waals surface area contributed by atoms with Crippen LogP contribution in [0.1, 0.15) is 59.3 Å². The van der Waals surface area contributed by atoms with Crippen LogP contribution in [0.5, 0.6) is 0 Å². The van der Waals surface area contributed by atoms with Gasteiger partial charge in [-0.1, -0.05) is 20.8 Å². The van der Waals surface area contributed by atoms with Crippen LogP contribution in [0.4, 0.5) is 0 Å². The number of ether oxygens (including phenoxy) is 2. The summed E-state index contributed by atoms with van der Waals surface area (Å²) < 4.78 is 9.91. The maximum absolute atomic E-state index is 10.6. The average molecular weight is 270 g/mol. The molecule has 19 heavy (non-hydrogen) atoms. The first-order valence-corrected chi connectivity index (χ1v) is 7.38. The fraction of sp³-hybridized carbons (Fsp3) is 0.867. The molecule has 0 aromatic carbocycles. The summed E-state index contributed by atoms with van der Waals surface area (Å²) in [4.78, 5) is 21.2. The highest BCUT2D eigenvalue weighted by Gasteiger charge is 2.21. The van der Waals surface area contributed by atoms with Gasteiger partial charge in [0.2, 0.25) is 0 Å². The highest BCUT2D eigenvalue weighted by molar-refractivity contribution is 5.70. The Morgan fingerprint density at radius 2 is 1.89 bits per heavy atom. The van der Waals surface area contributed by atoms with Crippen molar-refractivity contribution < 1.29 is 19.1 Å². The van der Waals surface area contributed by atoms with Crippen LogP contribution in [0.2, 0.25) is 0 Å². The van der Waals surface area contributed by atoms with E-state index in [-0.39, 0.29) is 18.0 Å². The van der Waals surface area contributed by atoms with Crippen LogP contribution in [-0.4, -0.2) is 24.6 Å². The molecule has 0 N–H and O–H groups in total. The van der Waals surface area contributed by atoms with E-state index < -0.39 is 0 Å². The Bertz CT molecular complexity index is 289. The second-order valence-corrected chi connectivity index (χ2v) is 5.64. The van der Waals surface area contributed by atoms with Crippen LogP contribution in [0.3, 0.4) is 0 Å². The molecule has 2 heterocycles. The van der Waals surface area contributed by atoms with Crippen LogP contribution < -0.4 is 0 Å². The smallest absolute Gasteiger partial charge is 0.306 e. The summed E-state index contributed by atoms with van der Waals surface area (Å²) in [7, 11) is 0. The standard InChI is InChI=1S/C8H14O2.C7H12O2/c1-6(2)7-3-4-8(9)10-5-7;1-2-6-4-3-5-7(8)9-6/h6-7H,3-5H2,1-2H3;6H,2-5H2,1H3. The Labute approximate surface area is 115 Å². The van der Waals surface area contributed by atoms with Crippen molar-refractivity contribution in [1.82, 2.24) is 0 Å². The number of cyclic esters (lactones) is 2. The van der Waals surface area contributed by atoms with Crippen molar-refractivity contribution in [2.75, 3.05) is 6.61 Å². The zero-order chi connectivity index (χ0) is 14.3. The molecule has 4 nitrogen and oxygen atoms in total. The number of carbonyl (C=O) groups excluding carboxylic acids is 2. The third-order valence-electron chi connectivity index (χ3n) is 3.78. The van der Waals surface area contributed by atoms with Gasteiger partial charge in [-0.2, -0.15) is 0 Å². The van der Waals surface area contributed by atoms with Crippen LogP contribution in [0.15, 0.2) is 0 Å². The number of hydrogen-bond donors (Lipinski definition) is 0. The lowest BCUT2D eigenvalue weighted by atomic mass is 9.91. The Hall–Kier alpha value is -1.06. The molecular formula is C15H26O4. The average Bonchev–Trinajstić information content (AvgIpc) is 2.40. The summed E-state index contributed by atoms with van der Waals surface area (Å²) in [6.07, 6.45) is 5.49. The number of esters is 2. The van der Waals surface area contributed by atoms with Crippen molar-refractivity contribution in [1.29, 1.82) is 0 Å². The van der Waals surface area contributed by atoms with Crippen molar-refractivity contribution in [3.63, 3.8) is 0 Å². The van der Waals surface area contributed by atoms with Gasteiger partial charge in [-0.05, 0) is 37.5 Å². The van der Waals surface area contributed by atoms with E-state index in [0.717, 1.165) is 25.7 Å². The second-order valence-electron chi connectivity index (χ2n) is 5.64. The summed E-state index contributed by atoms with van der Waals surface area (Å²) in [6.45, 7) is 7.02. The van der Waals surface area contributed by atoms with Gasteiger partial charge in [-0.25, -0.2) is 0 Å². The predicted octanol–water partition coefficient (Wildman–Crippen LogP) is 3.09. The van der Waals surface area contributed by atoms with Gasteiger partial charge in [0.15, 0.2) is 0 Å². The van der Waals surface area contributed by atoms with E-state index in [0.29, 0.717) is 31.3 Å². The van der Waals surface area contributed by atoms with Crippen LogP contribution in [0, 0.1) is 11.8 Å². The largest absolute Gasteiger partial charge is 0.465 e. The zero-order valence-electron chi connectivity index (χ0n) is 12.3. The lowest BCUT2D eigenvalue weighted by Crippen LogP contribution is -2.25. The van der Waals surface area contributed by atoms with E-state index in [1.54, 1.807) is 0 Å². The van der Waals surface area contributed by atoms with Gasteiger partial charge in [0.25, 0.3) is 0 Å². The highest BCUT2D eigenvalue weighted by Crippen LogP contribution is 2.21. The van der Waals surface area contributed by atoms with E-state index in [1.807, 2.05) is 6.92 Å². The van der Waals surface area contributed by atoms with Crippen molar-refractivity contribution in [3.05, 3.63) is 0 Å². The summed E-state index contributed by atoms with van der Waals surface area (Å²) in [5.74, 6) is 1.19. The van der Waals surface area contributed by atoms with Crippen molar-refractivity contribution in [3.8, 4) is 0 Å². The molecule has 2 fully saturated rings. The third kappa shape index (κ3) is 6.08. The van der Waals surface area contributed by atoms with Crippen LogP contribution >= 0.6 is 0 Å². The number of carbonyl (C=O) groups is 2. The van der Waals surface area contributed by atoms with Gasteiger partial charge in [-0.15, -0.1) is 0 Å². The predicted molar refractivity (Wildman–Crippen MR) is 72.5 cm³/mol. The molecule has 0 radical (unpaired) electrons. The Morgan fingerprint density at radius 1 is 1.16 bits per heavy atom. The minimum absolute atomic E-state index is 0.0203. The van der Waals surface area contributed by atoms with Crippen molar-refractivity contribution in [2.24, 2.45) is 11.8 Å².